The molecule has 7 heteroatoms. The Hall–Kier alpha value is -1.86. The summed E-state index contributed by atoms with van der Waals surface area (Å²) in [6.07, 6.45) is 4.65. The number of thiazole rings is 1. The smallest absolute Gasteiger partial charge is 0.263 e. The third-order valence-corrected chi connectivity index (χ3v) is 6.32. The van der Waals surface area contributed by atoms with Crippen LogP contribution in [0.2, 0.25) is 0 Å². The van der Waals surface area contributed by atoms with Crippen LogP contribution >= 0.6 is 11.3 Å². The molecule has 0 spiro atoms. The molecule has 6 nitrogen and oxygen atoms in total. The van der Waals surface area contributed by atoms with Gasteiger partial charge >= 0.3 is 0 Å². The Kier molecular flexibility index (Phi) is 5.91. The second-order valence-electron chi connectivity index (χ2n) is 8.35. The van der Waals surface area contributed by atoms with Crippen LogP contribution in [0.1, 0.15) is 49.5 Å². The summed E-state index contributed by atoms with van der Waals surface area (Å²) in [4.78, 5) is 28.8. The van der Waals surface area contributed by atoms with Gasteiger partial charge in [0.05, 0.1) is 5.69 Å². The Bertz CT molecular complexity index is 779. The molecule has 2 atom stereocenters. The third-order valence-electron chi connectivity index (χ3n) is 5.17. The zero-order chi connectivity index (χ0) is 19.6. The van der Waals surface area contributed by atoms with E-state index in [0.717, 1.165) is 18.8 Å². The molecular formula is C20H29N5OS. The summed E-state index contributed by atoms with van der Waals surface area (Å²) in [7, 11) is 0. The average molecular weight is 388 g/mol. The predicted molar refractivity (Wildman–Crippen MR) is 109 cm³/mol. The van der Waals surface area contributed by atoms with E-state index in [-0.39, 0.29) is 11.4 Å². The van der Waals surface area contributed by atoms with E-state index in [2.05, 4.69) is 52.9 Å². The van der Waals surface area contributed by atoms with Crippen molar-refractivity contribution in [2.24, 2.45) is 11.8 Å². The van der Waals surface area contributed by atoms with Gasteiger partial charge in [0.1, 0.15) is 4.88 Å². The molecule has 2 unspecified atom stereocenters. The first kappa shape index (κ1) is 19.9. The molecule has 2 aromatic heterocycles. The maximum atomic E-state index is 12.8. The SMILES string of the molecule is Cc1nc(-c2ncccn2)sc1C(=O)NCC(C)(C)N1CC(C)CC(C)C1. The minimum atomic E-state index is -0.0808. The van der Waals surface area contributed by atoms with E-state index >= 15 is 0 Å². The molecule has 1 N–H and O–H groups in total. The van der Waals surface area contributed by atoms with Crippen LogP contribution in [0.3, 0.4) is 0 Å². The maximum absolute atomic E-state index is 12.8. The van der Waals surface area contributed by atoms with Crippen molar-refractivity contribution in [3.8, 4) is 10.8 Å². The first-order chi connectivity index (χ1) is 12.8. The van der Waals surface area contributed by atoms with Crippen molar-refractivity contribution in [1.29, 1.82) is 0 Å². The lowest BCUT2D eigenvalue weighted by molar-refractivity contribution is 0.0445. The highest BCUT2D eigenvalue weighted by atomic mass is 32.1. The van der Waals surface area contributed by atoms with Crippen LogP contribution in [0, 0.1) is 18.8 Å². The third kappa shape index (κ3) is 4.71. The number of amides is 1. The van der Waals surface area contributed by atoms with Crippen LogP contribution in [0.4, 0.5) is 0 Å². The van der Waals surface area contributed by atoms with Crippen molar-refractivity contribution < 1.29 is 4.79 Å². The van der Waals surface area contributed by atoms with Gasteiger partial charge in [0.25, 0.3) is 5.91 Å². The Morgan fingerprint density at radius 1 is 1.26 bits per heavy atom. The molecular weight excluding hydrogens is 358 g/mol. The van der Waals surface area contributed by atoms with Crippen molar-refractivity contribution in [3.05, 3.63) is 29.0 Å². The fourth-order valence-corrected chi connectivity index (χ4v) is 4.69. The number of nitrogens with one attached hydrogen (secondary N) is 1. The molecule has 0 bridgehead atoms. The van der Waals surface area contributed by atoms with Gasteiger partial charge in [0, 0.05) is 37.6 Å². The topological polar surface area (TPSA) is 71.0 Å². The van der Waals surface area contributed by atoms with Gasteiger partial charge in [0.15, 0.2) is 10.8 Å². The van der Waals surface area contributed by atoms with Crippen LogP contribution in [0.5, 0.6) is 0 Å². The number of aryl methyl sites for hydroxylation is 1. The highest BCUT2D eigenvalue weighted by Crippen LogP contribution is 2.28. The molecule has 1 fully saturated rings. The van der Waals surface area contributed by atoms with E-state index in [1.54, 1.807) is 18.5 Å². The number of hydrogen-bond donors (Lipinski definition) is 1. The first-order valence-corrected chi connectivity index (χ1v) is 10.4. The summed E-state index contributed by atoms with van der Waals surface area (Å²) in [6.45, 7) is 13.7. The molecule has 0 aliphatic carbocycles. The van der Waals surface area contributed by atoms with Crippen molar-refractivity contribution in [2.75, 3.05) is 19.6 Å². The fourth-order valence-electron chi connectivity index (χ4n) is 3.76. The molecule has 3 heterocycles. The minimum absolute atomic E-state index is 0.0710. The number of likely N-dealkylation sites (tertiary alicyclic amines) is 1. The van der Waals surface area contributed by atoms with Crippen LogP contribution < -0.4 is 5.32 Å². The van der Waals surface area contributed by atoms with E-state index in [1.165, 1.54) is 17.8 Å². The summed E-state index contributed by atoms with van der Waals surface area (Å²) in [5.74, 6) is 1.88. The van der Waals surface area contributed by atoms with Gasteiger partial charge in [-0.15, -0.1) is 11.3 Å². The molecule has 0 radical (unpaired) electrons. The number of piperidine rings is 1. The Morgan fingerprint density at radius 2 is 1.89 bits per heavy atom. The highest BCUT2D eigenvalue weighted by molar-refractivity contribution is 7.17. The molecule has 1 aliphatic heterocycles. The lowest BCUT2D eigenvalue weighted by atomic mass is 9.88. The van der Waals surface area contributed by atoms with Crippen molar-refractivity contribution in [1.82, 2.24) is 25.2 Å². The monoisotopic (exact) mass is 387 g/mol. The Balaban J connectivity index is 1.66. The molecule has 1 amide bonds. The molecule has 0 saturated carbocycles. The molecule has 1 saturated heterocycles. The number of rotatable bonds is 5. The highest BCUT2D eigenvalue weighted by Gasteiger charge is 2.33. The second kappa shape index (κ2) is 8.02. The Morgan fingerprint density at radius 3 is 2.52 bits per heavy atom. The van der Waals surface area contributed by atoms with Crippen molar-refractivity contribution >= 4 is 17.2 Å². The minimum Gasteiger partial charge on any atom is -0.349 e. The summed E-state index contributed by atoms with van der Waals surface area (Å²) < 4.78 is 0. The zero-order valence-electron chi connectivity index (χ0n) is 16.8. The number of carbonyl (C=O) groups is 1. The maximum Gasteiger partial charge on any atom is 0.263 e. The number of aromatic nitrogens is 3. The van der Waals surface area contributed by atoms with Crippen LogP contribution in [-0.4, -0.2) is 50.9 Å². The van der Waals surface area contributed by atoms with Crippen molar-refractivity contribution in [3.63, 3.8) is 0 Å². The summed E-state index contributed by atoms with van der Waals surface area (Å²) >= 11 is 1.35. The van der Waals surface area contributed by atoms with Gasteiger partial charge in [0.2, 0.25) is 0 Å². The van der Waals surface area contributed by atoms with Gasteiger partial charge in [-0.05, 0) is 45.1 Å². The zero-order valence-corrected chi connectivity index (χ0v) is 17.6. The first-order valence-electron chi connectivity index (χ1n) is 9.54. The van der Waals surface area contributed by atoms with E-state index in [4.69, 9.17) is 0 Å². The predicted octanol–water partition coefficient (Wildman–Crippen LogP) is 3.39. The molecule has 2 aromatic rings. The molecule has 146 valence electrons. The molecule has 1 aliphatic rings. The largest absolute Gasteiger partial charge is 0.349 e. The summed E-state index contributed by atoms with van der Waals surface area (Å²) in [5, 5.41) is 3.80. The average Bonchev–Trinajstić information content (AvgIpc) is 3.01. The number of carbonyl (C=O) groups excluding carboxylic acids is 1. The second-order valence-corrected chi connectivity index (χ2v) is 9.35. The lowest BCUT2D eigenvalue weighted by Gasteiger charge is -2.45. The summed E-state index contributed by atoms with van der Waals surface area (Å²) in [6, 6.07) is 1.77. The van der Waals surface area contributed by atoms with Crippen LogP contribution in [-0.2, 0) is 0 Å². The van der Waals surface area contributed by atoms with Crippen molar-refractivity contribution in [2.45, 2.75) is 46.6 Å². The van der Waals surface area contributed by atoms with Gasteiger partial charge in [-0.1, -0.05) is 13.8 Å². The van der Waals surface area contributed by atoms with Gasteiger partial charge in [-0.3, -0.25) is 9.69 Å². The fraction of sp³-hybridized carbons (Fsp3) is 0.600. The quantitative estimate of drug-likeness (QED) is 0.851. The molecule has 0 aromatic carbocycles. The number of hydrogen-bond acceptors (Lipinski definition) is 6. The van der Waals surface area contributed by atoms with E-state index < -0.39 is 0 Å². The summed E-state index contributed by atoms with van der Waals surface area (Å²) in [5.41, 5.74) is 0.640. The van der Waals surface area contributed by atoms with Gasteiger partial charge < -0.3 is 5.32 Å². The van der Waals surface area contributed by atoms with Gasteiger partial charge in [-0.25, -0.2) is 15.0 Å². The standard InChI is InChI=1S/C20H29N5OS/c1-13-9-14(2)11-25(10-13)20(4,5)12-23-18(26)16-15(3)24-19(27-16)17-21-7-6-8-22-17/h6-8,13-14H,9-12H2,1-5H3,(H,23,26). The van der Waals surface area contributed by atoms with E-state index in [0.29, 0.717) is 34.1 Å². The molecule has 27 heavy (non-hydrogen) atoms. The van der Waals surface area contributed by atoms with Crippen LogP contribution in [0.15, 0.2) is 18.5 Å². The lowest BCUT2D eigenvalue weighted by Crippen LogP contribution is -2.56. The van der Waals surface area contributed by atoms with Crippen LogP contribution in [0.25, 0.3) is 10.8 Å². The van der Waals surface area contributed by atoms with E-state index in [1.807, 2.05) is 6.92 Å². The van der Waals surface area contributed by atoms with E-state index in [9.17, 15) is 4.79 Å². The normalized spacial score (nSPS) is 21.2. The molecule has 3 rings (SSSR count). The Labute approximate surface area is 165 Å². The van der Waals surface area contributed by atoms with Gasteiger partial charge in [-0.2, -0.15) is 0 Å². The number of nitrogens with zero attached hydrogens (tertiary/aromatic N) is 4.